The highest BCUT2D eigenvalue weighted by atomic mass is 16.3. The Labute approximate surface area is 59.4 Å². The zero-order chi connectivity index (χ0) is 7.56. The summed E-state index contributed by atoms with van der Waals surface area (Å²) < 4.78 is 0. The average molecular weight is 132 g/mol. The molecule has 4 heteroatoms. The average Bonchev–Trinajstić information content (AvgIpc) is 1.95. The van der Waals surface area contributed by atoms with Crippen molar-refractivity contribution in [2.75, 3.05) is 0 Å². The van der Waals surface area contributed by atoms with Gasteiger partial charge in [-0.05, 0) is 12.1 Å². The van der Waals surface area contributed by atoms with Crippen LogP contribution in [0.2, 0.25) is 0 Å². The molecule has 0 amide bonds. The van der Waals surface area contributed by atoms with Gasteiger partial charge in [0.1, 0.15) is 17.5 Å². The zero-order valence-corrected chi connectivity index (χ0v) is 5.50. The van der Waals surface area contributed by atoms with E-state index in [4.69, 9.17) is 10.4 Å². The van der Waals surface area contributed by atoms with E-state index in [9.17, 15) is 0 Å². The summed E-state index contributed by atoms with van der Waals surface area (Å²) in [5.74, 6) is 0.124. The minimum absolute atomic E-state index is 0.124. The molecular weight excluding hydrogens is 127 g/mol. The number of nitrogens with zero attached hydrogens (tertiary/aromatic N) is 2. The SMILES string of the molecule is Bc1nc(C#N)ccc1O. The molecule has 0 atom stereocenters. The molecular formula is C6H5BN2O. The summed E-state index contributed by atoms with van der Waals surface area (Å²) in [4.78, 5) is 3.78. The van der Waals surface area contributed by atoms with Gasteiger partial charge in [-0.1, -0.05) is 0 Å². The Hall–Kier alpha value is -1.50. The van der Waals surface area contributed by atoms with Crippen LogP contribution >= 0.6 is 0 Å². The van der Waals surface area contributed by atoms with Crippen LogP contribution in [0.5, 0.6) is 5.75 Å². The molecule has 1 aromatic rings. The highest BCUT2D eigenvalue weighted by Gasteiger charge is 1.96. The zero-order valence-electron chi connectivity index (χ0n) is 5.50. The van der Waals surface area contributed by atoms with Gasteiger partial charge < -0.3 is 5.11 Å². The standard InChI is InChI=1S/C6H5BN2O/c7-6-5(10)2-1-4(3-8)9-6/h1-2,10H,7H2. The van der Waals surface area contributed by atoms with Crippen molar-refractivity contribution in [1.82, 2.24) is 4.98 Å². The van der Waals surface area contributed by atoms with Gasteiger partial charge in [0.25, 0.3) is 0 Å². The number of hydrogen-bond donors (Lipinski definition) is 1. The molecule has 0 radical (unpaired) electrons. The number of hydrogen-bond acceptors (Lipinski definition) is 3. The highest BCUT2D eigenvalue weighted by molar-refractivity contribution is 6.32. The van der Waals surface area contributed by atoms with Gasteiger partial charge >= 0.3 is 0 Å². The first-order valence-corrected chi connectivity index (χ1v) is 2.81. The number of rotatable bonds is 0. The van der Waals surface area contributed by atoms with Crippen LogP contribution in [0.15, 0.2) is 12.1 Å². The molecule has 0 aromatic carbocycles. The van der Waals surface area contributed by atoms with Crippen molar-refractivity contribution in [3.63, 3.8) is 0 Å². The third-order valence-electron chi connectivity index (χ3n) is 1.17. The Bertz CT molecular complexity index is 292. The molecule has 0 bridgehead atoms. The molecule has 0 saturated heterocycles. The Kier molecular flexibility index (Phi) is 1.59. The van der Waals surface area contributed by atoms with Crippen molar-refractivity contribution in [3.8, 4) is 11.8 Å². The van der Waals surface area contributed by atoms with Gasteiger partial charge in [0.2, 0.25) is 0 Å². The largest absolute Gasteiger partial charge is 0.507 e. The van der Waals surface area contributed by atoms with Crippen molar-refractivity contribution in [3.05, 3.63) is 17.8 Å². The third-order valence-corrected chi connectivity index (χ3v) is 1.17. The smallest absolute Gasteiger partial charge is 0.169 e. The maximum atomic E-state index is 8.97. The Morgan fingerprint density at radius 3 is 2.80 bits per heavy atom. The summed E-state index contributed by atoms with van der Waals surface area (Å²) >= 11 is 0. The molecule has 0 aliphatic heterocycles. The molecule has 48 valence electrons. The first-order chi connectivity index (χ1) is 4.74. The Morgan fingerprint density at radius 2 is 2.30 bits per heavy atom. The van der Waals surface area contributed by atoms with E-state index in [1.54, 1.807) is 7.85 Å². The van der Waals surface area contributed by atoms with Gasteiger partial charge in [-0.3, -0.25) is 0 Å². The van der Waals surface area contributed by atoms with Gasteiger partial charge in [-0.15, -0.1) is 0 Å². The van der Waals surface area contributed by atoms with Crippen molar-refractivity contribution >= 4 is 13.4 Å². The quantitative estimate of drug-likeness (QED) is 0.456. The number of aromatic hydroxyl groups is 1. The fourth-order valence-electron chi connectivity index (χ4n) is 0.616. The summed E-state index contributed by atoms with van der Waals surface area (Å²) in [5, 5.41) is 17.3. The second-order valence-electron chi connectivity index (χ2n) is 1.91. The number of aromatic nitrogens is 1. The summed E-state index contributed by atoms with van der Waals surface area (Å²) in [5.41, 5.74) is 0.814. The molecule has 1 heterocycles. The first kappa shape index (κ1) is 6.62. The van der Waals surface area contributed by atoms with Crippen molar-refractivity contribution in [2.24, 2.45) is 0 Å². The minimum Gasteiger partial charge on any atom is -0.507 e. The van der Waals surface area contributed by atoms with E-state index < -0.39 is 0 Å². The molecule has 0 aliphatic rings. The second-order valence-corrected chi connectivity index (χ2v) is 1.91. The number of nitriles is 1. The van der Waals surface area contributed by atoms with Crippen LogP contribution in [0.4, 0.5) is 0 Å². The predicted molar refractivity (Wildman–Crippen MR) is 38.8 cm³/mol. The number of pyridine rings is 1. The fraction of sp³-hybridized carbons (Fsp3) is 0. The lowest BCUT2D eigenvalue weighted by Crippen LogP contribution is -2.09. The van der Waals surface area contributed by atoms with Gasteiger partial charge in [-0.25, -0.2) is 4.98 Å². The molecule has 10 heavy (non-hydrogen) atoms. The Morgan fingerprint density at radius 1 is 1.60 bits per heavy atom. The molecule has 1 rings (SSSR count). The monoisotopic (exact) mass is 132 g/mol. The van der Waals surface area contributed by atoms with E-state index >= 15 is 0 Å². The molecule has 1 aromatic heterocycles. The van der Waals surface area contributed by atoms with Crippen molar-refractivity contribution in [1.29, 1.82) is 5.26 Å². The van der Waals surface area contributed by atoms with Crippen LogP contribution < -0.4 is 5.59 Å². The molecule has 0 saturated carbocycles. The summed E-state index contributed by atoms with van der Waals surface area (Å²) in [6.07, 6.45) is 0. The van der Waals surface area contributed by atoms with E-state index in [0.717, 1.165) is 0 Å². The summed E-state index contributed by atoms with van der Waals surface area (Å²) in [7, 11) is 1.65. The maximum absolute atomic E-state index is 8.97. The molecule has 1 N–H and O–H groups in total. The lowest BCUT2D eigenvalue weighted by atomic mass is 10.0. The van der Waals surface area contributed by atoms with Gasteiger partial charge in [-0.2, -0.15) is 5.26 Å². The van der Waals surface area contributed by atoms with Crippen molar-refractivity contribution in [2.45, 2.75) is 0 Å². The predicted octanol–water partition coefficient (Wildman–Crippen LogP) is -1.08. The third kappa shape index (κ3) is 1.08. The summed E-state index contributed by atoms with van der Waals surface area (Å²) in [6, 6.07) is 4.81. The van der Waals surface area contributed by atoms with Crippen LogP contribution in [0.3, 0.4) is 0 Å². The first-order valence-electron chi connectivity index (χ1n) is 2.81. The minimum atomic E-state index is 0.124. The van der Waals surface area contributed by atoms with Crippen LogP contribution in [-0.4, -0.2) is 17.9 Å². The van der Waals surface area contributed by atoms with E-state index in [1.807, 2.05) is 6.07 Å². The van der Waals surface area contributed by atoms with E-state index in [1.165, 1.54) is 12.1 Å². The van der Waals surface area contributed by atoms with Gasteiger partial charge in [0, 0.05) is 5.59 Å². The van der Waals surface area contributed by atoms with E-state index in [2.05, 4.69) is 4.98 Å². The topological polar surface area (TPSA) is 56.9 Å². The highest BCUT2D eigenvalue weighted by Crippen LogP contribution is 2.00. The summed E-state index contributed by atoms with van der Waals surface area (Å²) in [6.45, 7) is 0. The molecule has 0 spiro atoms. The molecule has 0 fully saturated rings. The van der Waals surface area contributed by atoms with Crippen LogP contribution in [0, 0.1) is 11.3 Å². The maximum Gasteiger partial charge on any atom is 0.169 e. The van der Waals surface area contributed by atoms with Crippen LogP contribution in [0.25, 0.3) is 0 Å². The van der Waals surface area contributed by atoms with Crippen LogP contribution in [0.1, 0.15) is 5.69 Å². The lowest BCUT2D eigenvalue weighted by molar-refractivity contribution is 0.477. The second kappa shape index (κ2) is 2.40. The van der Waals surface area contributed by atoms with Crippen molar-refractivity contribution < 1.29 is 5.11 Å². The lowest BCUT2D eigenvalue weighted by Gasteiger charge is -1.95. The van der Waals surface area contributed by atoms with E-state index in [-0.39, 0.29) is 5.75 Å². The molecule has 0 unspecified atom stereocenters. The Balaban J connectivity index is 3.20. The molecule has 3 nitrogen and oxygen atoms in total. The normalized spacial score (nSPS) is 8.70. The fourth-order valence-corrected chi connectivity index (χ4v) is 0.616. The van der Waals surface area contributed by atoms with Crippen LogP contribution in [-0.2, 0) is 0 Å². The molecule has 0 aliphatic carbocycles. The van der Waals surface area contributed by atoms with E-state index in [0.29, 0.717) is 11.3 Å². The van der Waals surface area contributed by atoms with Gasteiger partial charge in [0.15, 0.2) is 7.85 Å². The van der Waals surface area contributed by atoms with Gasteiger partial charge in [0.05, 0.1) is 0 Å².